The summed E-state index contributed by atoms with van der Waals surface area (Å²) in [7, 11) is 1.36. The molecule has 3 fully saturated rings. The van der Waals surface area contributed by atoms with E-state index in [4.69, 9.17) is 4.74 Å². The molecular weight excluding hydrogens is 270 g/mol. The van der Waals surface area contributed by atoms with Gasteiger partial charge < -0.3 is 4.74 Å². The molecule has 3 aliphatic rings. The Morgan fingerprint density at radius 3 is 2.76 bits per heavy atom. The highest BCUT2D eigenvalue weighted by Crippen LogP contribution is 2.56. The molecule has 116 valence electrons. The Morgan fingerprint density at radius 1 is 1.33 bits per heavy atom. The van der Waals surface area contributed by atoms with Gasteiger partial charge >= 0.3 is 5.97 Å². The van der Waals surface area contributed by atoms with Crippen LogP contribution in [0.3, 0.4) is 0 Å². The molecular formula is C16H23NO4. The van der Waals surface area contributed by atoms with Crippen LogP contribution in [0, 0.1) is 10.8 Å². The summed E-state index contributed by atoms with van der Waals surface area (Å²) >= 11 is 0. The molecule has 5 nitrogen and oxygen atoms in total. The number of nitrogens with zero attached hydrogens (tertiary/aromatic N) is 1. The van der Waals surface area contributed by atoms with Crippen molar-refractivity contribution in [3.05, 3.63) is 0 Å². The van der Waals surface area contributed by atoms with Gasteiger partial charge in [0.1, 0.15) is 11.2 Å². The quantitative estimate of drug-likeness (QED) is 0.568. The van der Waals surface area contributed by atoms with Gasteiger partial charge in [0.25, 0.3) is 0 Å². The van der Waals surface area contributed by atoms with Crippen LogP contribution in [0.2, 0.25) is 0 Å². The zero-order valence-corrected chi connectivity index (χ0v) is 12.8. The summed E-state index contributed by atoms with van der Waals surface area (Å²) in [6.07, 6.45) is 3.78. The van der Waals surface area contributed by atoms with E-state index in [1.807, 2.05) is 6.92 Å². The normalized spacial score (nSPS) is 39.8. The van der Waals surface area contributed by atoms with E-state index in [0.29, 0.717) is 32.2 Å². The van der Waals surface area contributed by atoms with Crippen LogP contribution in [-0.2, 0) is 19.1 Å². The van der Waals surface area contributed by atoms with Gasteiger partial charge in [-0.05, 0) is 25.8 Å². The number of Topliss-reactive ketones (excluding diaryl/α,β-unsaturated/α-hetero) is 2. The summed E-state index contributed by atoms with van der Waals surface area (Å²) in [5.74, 6) is -0.0938. The third-order valence-electron chi connectivity index (χ3n) is 5.92. The average molecular weight is 293 g/mol. The van der Waals surface area contributed by atoms with E-state index in [1.165, 1.54) is 7.11 Å². The Bertz CT molecular complexity index is 503. The van der Waals surface area contributed by atoms with Crippen LogP contribution in [-0.4, -0.2) is 48.7 Å². The highest BCUT2D eigenvalue weighted by molar-refractivity contribution is 6.09. The zero-order chi connectivity index (χ0) is 15.3. The van der Waals surface area contributed by atoms with Crippen molar-refractivity contribution in [1.82, 2.24) is 4.90 Å². The molecule has 1 spiro atoms. The topological polar surface area (TPSA) is 63.7 Å². The minimum Gasteiger partial charge on any atom is -0.468 e. The fourth-order valence-corrected chi connectivity index (χ4v) is 4.88. The first-order valence-corrected chi connectivity index (χ1v) is 7.89. The number of ketones is 2. The van der Waals surface area contributed by atoms with Crippen molar-refractivity contribution in [1.29, 1.82) is 0 Å². The molecule has 5 heteroatoms. The summed E-state index contributed by atoms with van der Waals surface area (Å²) in [5.41, 5.74) is -1.51. The lowest BCUT2D eigenvalue weighted by Gasteiger charge is -2.59. The minimum atomic E-state index is -1.00. The van der Waals surface area contributed by atoms with E-state index in [-0.39, 0.29) is 23.6 Å². The lowest BCUT2D eigenvalue weighted by molar-refractivity contribution is -0.183. The van der Waals surface area contributed by atoms with Gasteiger partial charge in [0.05, 0.1) is 7.11 Å². The smallest absolute Gasteiger partial charge is 0.320 e. The van der Waals surface area contributed by atoms with Crippen LogP contribution in [0.5, 0.6) is 0 Å². The lowest BCUT2D eigenvalue weighted by Crippen LogP contribution is -2.70. The van der Waals surface area contributed by atoms with Crippen LogP contribution >= 0.6 is 0 Å². The maximum absolute atomic E-state index is 13.2. The van der Waals surface area contributed by atoms with Crippen molar-refractivity contribution < 1.29 is 19.1 Å². The molecule has 0 amide bonds. The number of piperidine rings is 1. The maximum atomic E-state index is 13.2. The number of ether oxygens (including phenoxy) is 1. The highest BCUT2D eigenvalue weighted by atomic mass is 16.5. The highest BCUT2D eigenvalue weighted by Gasteiger charge is 2.66. The second-order valence-corrected chi connectivity index (χ2v) is 6.73. The van der Waals surface area contributed by atoms with Crippen molar-refractivity contribution in [2.24, 2.45) is 10.8 Å². The Morgan fingerprint density at radius 2 is 2.10 bits per heavy atom. The predicted molar refractivity (Wildman–Crippen MR) is 75.6 cm³/mol. The number of carbonyl (C=O) groups excluding carboxylic acids is 3. The van der Waals surface area contributed by atoms with Crippen LogP contribution in [0.1, 0.15) is 45.4 Å². The van der Waals surface area contributed by atoms with Gasteiger partial charge in [-0.1, -0.05) is 13.3 Å². The standard InChI is InChI=1S/C16H23NO4/c1-3-17-10-16(14(20)21-2)7-4-6-15(13(16)19)8-5-11(18)9-12(15)17/h12H,3-10H2,1-2H3/t12?,15-,16+/m0/s1. The van der Waals surface area contributed by atoms with Crippen molar-refractivity contribution in [2.45, 2.75) is 51.5 Å². The van der Waals surface area contributed by atoms with Crippen molar-refractivity contribution >= 4 is 17.5 Å². The van der Waals surface area contributed by atoms with Crippen LogP contribution < -0.4 is 0 Å². The number of fused-ring (bicyclic) bond motifs is 1. The number of hydrogen-bond donors (Lipinski definition) is 0. The first-order valence-electron chi connectivity index (χ1n) is 7.89. The fraction of sp³-hybridized carbons (Fsp3) is 0.812. The Labute approximate surface area is 125 Å². The molecule has 2 bridgehead atoms. The SMILES string of the molecule is CCN1C[C@]2(C(=O)OC)CCC[C@@]3(CCC(=O)CC13)C2=O. The number of esters is 1. The van der Waals surface area contributed by atoms with Crippen molar-refractivity contribution in [3.8, 4) is 0 Å². The summed E-state index contributed by atoms with van der Waals surface area (Å²) < 4.78 is 4.97. The molecule has 0 N–H and O–H groups in total. The van der Waals surface area contributed by atoms with E-state index in [1.54, 1.807) is 0 Å². The molecule has 21 heavy (non-hydrogen) atoms. The van der Waals surface area contributed by atoms with Gasteiger partial charge in [0.15, 0.2) is 5.78 Å². The van der Waals surface area contributed by atoms with E-state index in [9.17, 15) is 14.4 Å². The monoisotopic (exact) mass is 293 g/mol. The molecule has 0 radical (unpaired) electrons. The lowest BCUT2D eigenvalue weighted by atomic mass is 9.51. The van der Waals surface area contributed by atoms with Crippen molar-refractivity contribution in [3.63, 3.8) is 0 Å². The number of likely N-dealkylation sites (tertiary alicyclic amines) is 1. The molecule has 3 rings (SSSR count). The number of carbonyl (C=O) groups is 3. The predicted octanol–water partition coefficient (Wildman–Crippen LogP) is 1.34. The van der Waals surface area contributed by atoms with Gasteiger partial charge in [0.2, 0.25) is 0 Å². The molecule has 3 atom stereocenters. The molecule has 0 aromatic carbocycles. The third kappa shape index (κ3) is 1.83. The Balaban J connectivity index is 2.07. The second-order valence-electron chi connectivity index (χ2n) is 6.73. The fourth-order valence-electron chi connectivity index (χ4n) is 4.88. The van der Waals surface area contributed by atoms with Gasteiger partial charge in [-0.15, -0.1) is 0 Å². The molecule has 2 aliphatic carbocycles. The van der Waals surface area contributed by atoms with Crippen LogP contribution in [0.25, 0.3) is 0 Å². The Kier molecular flexibility index (Phi) is 3.43. The number of rotatable bonds is 2. The van der Waals surface area contributed by atoms with Crippen molar-refractivity contribution in [2.75, 3.05) is 20.2 Å². The Hall–Kier alpha value is -1.23. The first-order chi connectivity index (χ1) is 10.00. The number of hydrogen-bond acceptors (Lipinski definition) is 5. The molecule has 1 aliphatic heterocycles. The van der Waals surface area contributed by atoms with Gasteiger partial charge in [0, 0.05) is 30.8 Å². The van der Waals surface area contributed by atoms with Gasteiger partial charge in [-0.2, -0.15) is 0 Å². The van der Waals surface area contributed by atoms with E-state index < -0.39 is 10.8 Å². The third-order valence-corrected chi connectivity index (χ3v) is 5.92. The minimum absolute atomic E-state index is 0.0191. The van der Waals surface area contributed by atoms with Crippen LogP contribution in [0.4, 0.5) is 0 Å². The molecule has 1 saturated heterocycles. The van der Waals surface area contributed by atoms with Gasteiger partial charge in [-0.25, -0.2) is 0 Å². The molecule has 0 aromatic heterocycles. The maximum Gasteiger partial charge on any atom is 0.320 e. The van der Waals surface area contributed by atoms with Gasteiger partial charge in [-0.3, -0.25) is 19.3 Å². The first kappa shape index (κ1) is 14.7. The zero-order valence-electron chi connectivity index (χ0n) is 12.8. The largest absolute Gasteiger partial charge is 0.468 e. The summed E-state index contributed by atoms with van der Waals surface area (Å²) in [6, 6.07) is -0.0191. The summed E-state index contributed by atoms with van der Waals surface area (Å²) in [6.45, 7) is 3.20. The number of methoxy groups -OCH3 is 1. The van der Waals surface area contributed by atoms with Crippen LogP contribution in [0.15, 0.2) is 0 Å². The molecule has 1 heterocycles. The summed E-state index contributed by atoms with van der Waals surface area (Å²) in [4.78, 5) is 39.6. The molecule has 0 aromatic rings. The van der Waals surface area contributed by atoms with E-state index >= 15 is 0 Å². The summed E-state index contributed by atoms with van der Waals surface area (Å²) in [5, 5.41) is 0. The second kappa shape index (κ2) is 4.90. The molecule has 1 unspecified atom stereocenters. The van der Waals surface area contributed by atoms with E-state index in [2.05, 4.69) is 4.90 Å². The molecule has 2 saturated carbocycles. The average Bonchev–Trinajstić information content (AvgIpc) is 2.48. The van der Waals surface area contributed by atoms with E-state index in [0.717, 1.165) is 19.4 Å².